The zero-order chi connectivity index (χ0) is 14.0. The molecule has 3 nitrogen and oxygen atoms in total. The van der Waals surface area contributed by atoms with Gasteiger partial charge in [0.15, 0.2) is 0 Å². The van der Waals surface area contributed by atoms with E-state index in [2.05, 4.69) is 0 Å². The number of hydrogen-bond donors (Lipinski definition) is 1. The lowest BCUT2D eigenvalue weighted by Gasteiger charge is -2.16. The highest BCUT2D eigenvalue weighted by Gasteiger charge is 2.41. The Labute approximate surface area is 102 Å². The number of benzene rings is 1. The average molecular weight is 285 g/mol. The normalized spacial score (nSPS) is 13.0. The van der Waals surface area contributed by atoms with Crippen LogP contribution in [0.2, 0.25) is 0 Å². The van der Waals surface area contributed by atoms with Crippen molar-refractivity contribution < 1.29 is 26.0 Å². The highest BCUT2D eigenvalue weighted by molar-refractivity contribution is 7.89. The van der Waals surface area contributed by atoms with Crippen LogP contribution in [0.1, 0.15) is 5.56 Å². The molecule has 0 fully saturated rings. The molecule has 18 heavy (non-hydrogen) atoms. The van der Waals surface area contributed by atoms with E-state index in [1.54, 1.807) is 6.07 Å². The molecule has 1 N–H and O–H groups in total. The highest BCUT2D eigenvalue weighted by Crippen LogP contribution is 2.22. The van der Waals surface area contributed by atoms with Gasteiger partial charge in [0.1, 0.15) is 0 Å². The number of hydrogen-bond acceptors (Lipinski definition) is 2. The van der Waals surface area contributed by atoms with E-state index in [9.17, 15) is 26.0 Å². The Kier molecular flexibility index (Phi) is 4.33. The van der Waals surface area contributed by atoms with Gasteiger partial charge >= 0.3 is 12.3 Å². The second-order valence-electron chi connectivity index (χ2n) is 3.65. The fraction of sp³-hybridized carbons (Fsp3) is 0.400. The van der Waals surface area contributed by atoms with Crippen LogP contribution in [0.15, 0.2) is 29.2 Å². The van der Waals surface area contributed by atoms with E-state index in [4.69, 9.17) is 0 Å². The van der Waals surface area contributed by atoms with Gasteiger partial charge in [0, 0.05) is 0 Å². The lowest BCUT2D eigenvalue weighted by Crippen LogP contribution is -2.41. The van der Waals surface area contributed by atoms with Gasteiger partial charge in [0.2, 0.25) is 10.0 Å². The lowest BCUT2D eigenvalue weighted by molar-refractivity contribution is -0.122. The topological polar surface area (TPSA) is 46.2 Å². The third-order valence-corrected chi connectivity index (χ3v) is 3.76. The summed E-state index contributed by atoms with van der Waals surface area (Å²) < 4.78 is 73.7. The molecule has 1 aromatic rings. The monoisotopic (exact) mass is 285 g/mol. The second-order valence-corrected chi connectivity index (χ2v) is 5.39. The molecule has 0 spiro atoms. The summed E-state index contributed by atoms with van der Waals surface area (Å²) in [6.45, 7) is -0.166. The zero-order valence-corrected chi connectivity index (χ0v) is 10.1. The zero-order valence-electron chi connectivity index (χ0n) is 9.33. The Hall–Kier alpha value is -1.15. The van der Waals surface area contributed by atoms with Crippen molar-refractivity contribution in [3.05, 3.63) is 29.8 Å². The predicted molar refractivity (Wildman–Crippen MR) is 57.3 cm³/mol. The van der Waals surface area contributed by atoms with Crippen LogP contribution in [0, 0.1) is 6.92 Å². The maximum atomic E-state index is 12.6. The Bertz CT molecular complexity index is 516. The third kappa shape index (κ3) is 3.42. The molecule has 0 bridgehead atoms. The first kappa shape index (κ1) is 14.9. The smallest absolute Gasteiger partial charge is 0.207 e. The molecule has 0 unspecified atom stereocenters. The van der Waals surface area contributed by atoms with Gasteiger partial charge in [-0.3, -0.25) is 0 Å². The second kappa shape index (κ2) is 5.23. The molecule has 0 radical (unpaired) electrons. The van der Waals surface area contributed by atoms with Crippen molar-refractivity contribution in [1.82, 2.24) is 4.72 Å². The molecule has 0 atom stereocenters. The molecule has 1 rings (SSSR count). The minimum atomic E-state index is -4.39. The standard InChI is InChI=1S/C10H11F4NO2S/c1-7-4-2-3-5-8(7)18(16,17)15-6-10(13,14)9(11)12/h2-5,9,15H,6H2,1H3. The van der Waals surface area contributed by atoms with E-state index in [0.717, 1.165) is 0 Å². The van der Waals surface area contributed by atoms with Crippen LogP contribution in [0.4, 0.5) is 17.6 Å². The maximum absolute atomic E-state index is 12.6. The van der Waals surface area contributed by atoms with Gasteiger partial charge in [-0.15, -0.1) is 0 Å². The van der Waals surface area contributed by atoms with Crippen molar-refractivity contribution in [2.45, 2.75) is 24.2 Å². The van der Waals surface area contributed by atoms with Crippen LogP contribution in [0.3, 0.4) is 0 Å². The van der Waals surface area contributed by atoms with Crippen LogP contribution in [-0.4, -0.2) is 27.3 Å². The molecule has 0 amide bonds. The van der Waals surface area contributed by atoms with Crippen molar-refractivity contribution in [2.75, 3.05) is 6.54 Å². The summed E-state index contributed by atoms with van der Waals surface area (Å²) in [5.41, 5.74) is 0.338. The van der Waals surface area contributed by atoms with Crippen molar-refractivity contribution in [1.29, 1.82) is 0 Å². The Morgan fingerprint density at radius 2 is 1.83 bits per heavy atom. The molecule has 0 aliphatic heterocycles. The van der Waals surface area contributed by atoms with E-state index < -0.39 is 28.9 Å². The average Bonchev–Trinajstić information content (AvgIpc) is 2.27. The van der Waals surface area contributed by atoms with Crippen LogP contribution in [0.25, 0.3) is 0 Å². The first-order valence-electron chi connectivity index (χ1n) is 4.88. The van der Waals surface area contributed by atoms with E-state index >= 15 is 0 Å². The molecular weight excluding hydrogens is 274 g/mol. The van der Waals surface area contributed by atoms with Gasteiger partial charge < -0.3 is 0 Å². The molecule has 1 aromatic carbocycles. The Morgan fingerprint density at radius 3 is 2.33 bits per heavy atom. The fourth-order valence-corrected chi connectivity index (χ4v) is 2.49. The van der Waals surface area contributed by atoms with E-state index in [0.29, 0.717) is 5.56 Å². The SMILES string of the molecule is Cc1ccccc1S(=O)(=O)NCC(F)(F)C(F)F. The maximum Gasteiger partial charge on any atom is 0.320 e. The highest BCUT2D eigenvalue weighted by atomic mass is 32.2. The van der Waals surface area contributed by atoms with Crippen LogP contribution in [0.5, 0.6) is 0 Å². The molecule has 0 aromatic heterocycles. The lowest BCUT2D eigenvalue weighted by atomic mass is 10.2. The number of aryl methyl sites for hydroxylation is 1. The molecule has 0 aliphatic rings. The molecule has 0 aliphatic carbocycles. The van der Waals surface area contributed by atoms with Gasteiger partial charge in [0.25, 0.3) is 0 Å². The molecule has 0 saturated heterocycles. The van der Waals surface area contributed by atoms with Crippen LogP contribution in [-0.2, 0) is 10.0 Å². The van der Waals surface area contributed by atoms with E-state index in [1.165, 1.54) is 29.8 Å². The first-order valence-corrected chi connectivity index (χ1v) is 6.36. The minimum Gasteiger partial charge on any atom is -0.207 e. The van der Waals surface area contributed by atoms with Crippen molar-refractivity contribution in [3.63, 3.8) is 0 Å². The fourth-order valence-electron chi connectivity index (χ4n) is 1.20. The third-order valence-electron chi connectivity index (χ3n) is 2.20. The largest absolute Gasteiger partial charge is 0.320 e. The number of sulfonamides is 1. The molecular formula is C10H11F4NO2S. The Balaban J connectivity index is 2.88. The van der Waals surface area contributed by atoms with E-state index in [-0.39, 0.29) is 4.90 Å². The number of halogens is 4. The summed E-state index contributed by atoms with van der Waals surface area (Å²) in [6, 6.07) is 5.66. The number of alkyl halides is 4. The van der Waals surface area contributed by atoms with E-state index in [1.807, 2.05) is 0 Å². The molecule has 8 heteroatoms. The number of rotatable bonds is 5. The summed E-state index contributed by atoms with van der Waals surface area (Å²) in [4.78, 5) is -0.213. The Morgan fingerprint density at radius 1 is 1.28 bits per heavy atom. The summed E-state index contributed by atoms with van der Waals surface area (Å²) in [5.74, 6) is -4.39. The van der Waals surface area contributed by atoms with Crippen molar-refractivity contribution in [2.24, 2.45) is 0 Å². The van der Waals surface area contributed by atoms with Gasteiger partial charge in [-0.05, 0) is 18.6 Å². The van der Waals surface area contributed by atoms with Crippen molar-refractivity contribution in [3.8, 4) is 0 Å². The van der Waals surface area contributed by atoms with Crippen molar-refractivity contribution >= 4 is 10.0 Å². The van der Waals surface area contributed by atoms with Gasteiger partial charge in [-0.1, -0.05) is 18.2 Å². The molecule has 0 saturated carbocycles. The van der Waals surface area contributed by atoms with Gasteiger partial charge in [0.05, 0.1) is 11.4 Å². The first-order chi connectivity index (χ1) is 8.17. The minimum absolute atomic E-state index is 0.213. The molecule has 0 heterocycles. The predicted octanol–water partition coefficient (Wildman–Crippen LogP) is 2.17. The van der Waals surface area contributed by atoms with Crippen LogP contribution >= 0.6 is 0 Å². The summed E-state index contributed by atoms with van der Waals surface area (Å²) in [6.07, 6.45) is -3.92. The number of nitrogens with one attached hydrogen (secondary N) is 1. The van der Waals surface area contributed by atoms with Gasteiger partial charge in [-0.2, -0.15) is 8.78 Å². The molecule has 102 valence electrons. The van der Waals surface area contributed by atoms with Crippen LogP contribution < -0.4 is 4.72 Å². The summed E-state index contributed by atoms with van der Waals surface area (Å²) in [5, 5.41) is 0. The quantitative estimate of drug-likeness (QED) is 0.843. The van der Waals surface area contributed by atoms with Gasteiger partial charge in [-0.25, -0.2) is 21.9 Å². The summed E-state index contributed by atoms with van der Waals surface area (Å²) >= 11 is 0. The summed E-state index contributed by atoms with van der Waals surface area (Å²) in [7, 11) is -4.22.